The van der Waals surface area contributed by atoms with E-state index in [2.05, 4.69) is 51.9 Å². The van der Waals surface area contributed by atoms with E-state index in [1.54, 1.807) is 11.4 Å². The molecular formula is C20H24N6O2. The van der Waals surface area contributed by atoms with Crippen molar-refractivity contribution in [1.82, 2.24) is 23.5 Å². The molecule has 3 heterocycles. The Hall–Kier alpha value is -3.29. The Morgan fingerprint density at radius 2 is 1.96 bits per heavy atom. The van der Waals surface area contributed by atoms with Crippen LogP contribution in [0.3, 0.4) is 0 Å². The van der Waals surface area contributed by atoms with Crippen LogP contribution in [-0.4, -0.2) is 30.0 Å². The summed E-state index contributed by atoms with van der Waals surface area (Å²) in [6, 6.07) is 6.38. The summed E-state index contributed by atoms with van der Waals surface area (Å²) in [4.78, 5) is 31.0. The fourth-order valence-corrected chi connectivity index (χ4v) is 3.67. The van der Waals surface area contributed by atoms with Crippen LogP contribution in [-0.2, 0) is 13.6 Å². The van der Waals surface area contributed by atoms with E-state index in [-0.39, 0.29) is 0 Å². The smallest absolute Gasteiger partial charge is 0.329 e. The van der Waals surface area contributed by atoms with Crippen molar-refractivity contribution >= 4 is 22.6 Å². The van der Waals surface area contributed by atoms with Gasteiger partial charge in [-0.3, -0.25) is 18.7 Å². The molecule has 0 aliphatic carbocycles. The Labute approximate surface area is 161 Å². The van der Waals surface area contributed by atoms with Gasteiger partial charge in [0.05, 0.1) is 0 Å². The van der Waals surface area contributed by atoms with Gasteiger partial charge in [-0.1, -0.05) is 17.7 Å². The normalized spacial score (nSPS) is 11.6. The van der Waals surface area contributed by atoms with Crippen LogP contribution < -0.4 is 16.6 Å². The van der Waals surface area contributed by atoms with Crippen LogP contribution in [0.4, 0.5) is 5.69 Å². The van der Waals surface area contributed by atoms with Crippen molar-refractivity contribution in [3.8, 4) is 0 Å². The monoisotopic (exact) mass is 380 g/mol. The van der Waals surface area contributed by atoms with Crippen molar-refractivity contribution in [3.05, 3.63) is 62.1 Å². The standard InChI is InChI=1S/C20H24N6O2/c1-12-6-7-15(13(2)10-12)21-8-5-9-25-14(3)11-26-16-17(22-19(25)26)24(4)20(28)23-18(16)27/h6-7,10-11,21H,5,8-9H2,1-4H3,(H,23,27,28). The zero-order valence-corrected chi connectivity index (χ0v) is 16.5. The minimum Gasteiger partial charge on any atom is -0.385 e. The lowest BCUT2D eigenvalue weighted by Gasteiger charge is -2.11. The first-order valence-electron chi connectivity index (χ1n) is 9.35. The van der Waals surface area contributed by atoms with E-state index < -0.39 is 11.2 Å². The molecule has 0 aliphatic rings. The molecule has 4 rings (SSSR count). The van der Waals surface area contributed by atoms with E-state index >= 15 is 0 Å². The van der Waals surface area contributed by atoms with Gasteiger partial charge in [0.2, 0.25) is 5.78 Å². The van der Waals surface area contributed by atoms with E-state index in [1.807, 2.05) is 13.1 Å². The van der Waals surface area contributed by atoms with Gasteiger partial charge >= 0.3 is 5.69 Å². The minimum atomic E-state index is -0.459. The van der Waals surface area contributed by atoms with Crippen molar-refractivity contribution in [3.63, 3.8) is 0 Å². The van der Waals surface area contributed by atoms with Crippen molar-refractivity contribution in [2.24, 2.45) is 7.05 Å². The number of nitrogens with zero attached hydrogens (tertiary/aromatic N) is 4. The van der Waals surface area contributed by atoms with Gasteiger partial charge in [-0.15, -0.1) is 0 Å². The third-order valence-corrected chi connectivity index (χ3v) is 5.17. The van der Waals surface area contributed by atoms with Gasteiger partial charge in [0.1, 0.15) is 0 Å². The largest absolute Gasteiger partial charge is 0.385 e. The van der Waals surface area contributed by atoms with Gasteiger partial charge in [0.15, 0.2) is 11.2 Å². The number of aromatic amines is 1. The second-order valence-corrected chi connectivity index (χ2v) is 7.29. The molecule has 0 unspecified atom stereocenters. The number of aryl methyl sites for hydroxylation is 5. The number of rotatable bonds is 5. The highest BCUT2D eigenvalue weighted by molar-refractivity contribution is 5.75. The number of nitrogens with one attached hydrogen (secondary N) is 2. The number of anilines is 1. The molecule has 0 fully saturated rings. The molecule has 8 nitrogen and oxygen atoms in total. The molecule has 28 heavy (non-hydrogen) atoms. The lowest BCUT2D eigenvalue weighted by Crippen LogP contribution is -2.28. The highest BCUT2D eigenvalue weighted by atomic mass is 16.2. The first-order valence-corrected chi connectivity index (χ1v) is 9.35. The van der Waals surface area contributed by atoms with Crippen LogP contribution in [0.25, 0.3) is 16.9 Å². The summed E-state index contributed by atoms with van der Waals surface area (Å²) in [7, 11) is 1.61. The van der Waals surface area contributed by atoms with E-state index in [1.165, 1.54) is 15.7 Å². The van der Waals surface area contributed by atoms with Crippen molar-refractivity contribution < 1.29 is 0 Å². The first-order chi connectivity index (χ1) is 13.4. The fourth-order valence-electron chi connectivity index (χ4n) is 3.67. The topological polar surface area (TPSA) is 89.1 Å². The Balaban J connectivity index is 1.59. The van der Waals surface area contributed by atoms with Gasteiger partial charge in [0, 0.05) is 37.7 Å². The van der Waals surface area contributed by atoms with E-state index in [0.717, 1.165) is 30.9 Å². The van der Waals surface area contributed by atoms with Crippen molar-refractivity contribution in [2.45, 2.75) is 33.7 Å². The second-order valence-electron chi connectivity index (χ2n) is 7.29. The molecular weight excluding hydrogens is 356 g/mol. The van der Waals surface area contributed by atoms with E-state index in [0.29, 0.717) is 16.9 Å². The average Bonchev–Trinajstić information content (AvgIpc) is 3.14. The zero-order chi connectivity index (χ0) is 20.0. The molecule has 8 heteroatoms. The third kappa shape index (κ3) is 2.90. The summed E-state index contributed by atoms with van der Waals surface area (Å²) >= 11 is 0. The molecule has 3 aromatic heterocycles. The summed E-state index contributed by atoms with van der Waals surface area (Å²) in [6.45, 7) is 7.77. The molecule has 0 saturated carbocycles. The number of fused-ring (bicyclic) bond motifs is 3. The molecule has 0 aliphatic heterocycles. The Morgan fingerprint density at radius 1 is 1.18 bits per heavy atom. The van der Waals surface area contributed by atoms with Gasteiger partial charge in [0.25, 0.3) is 5.56 Å². The predicted octanol–water partition coefficient (Wildman–Crippen LogP) is 2.10. The lowest BCUT2D eigenvalue weighted by molar-refractivity contribution is 0.660. The summed E-state index contributed by atoms with van der Waals surface area (Å²) in [6.07, 6.45) is 2.79. The van der Waals surface area contributed by atoms with Gasteiger partial charge in [-0.25, -0.2) is 4.79 Å². The number of benzene rings is 1. The molecule has 2 N–H and O–H groups in total. The highest BCUT2D eigenvalue weighted by Crippen LogP contribution is 2.18. The quantitative estimate of drug-likeness (QED) is 0.519. The Kier molecular flexibility index (Phi) is 4.33. The summed E-state index contributed by atoms with van der Waals surface area (Å²) in [5.41, 5.74) is 4.57. The molecule has 4 aromatic rings. The van der Waals surface area contributed by atoms with Crippen LogP contribution in [0, 0.1) is 20.8 Å². The van der Waals surface area contributed by atoms with Crippen LogP contribution in [0.5, 0.6) is 0 Å². The van der Waals surface area contributed by atoms with Crippen LogP contribution in [0.1, 0.15) is 23.2 Å². The molecule has 0 atom stereocenters. The fraction of sp³-hybridized carbons (Fsp3) is 0.350. The number of imidazole rings is 2. The zero-order valence-electron chi connectivity index (χ0n) is 16.5. The Morgan fingerprint density at radius 3 is 2.71 bits per heavy atom. The van der Waals surface area contributed by atoms with Crippen LogP contribution in [0.2, 0.25) is 0 Å². The number of hydrogen-bond donors (Lipinski definition) is 2. The summed E-state index contributed by atoms with van der Waals surface area (Å²) < 4.78 is 5.21. The summed E-state index contributed by atoms with van der Waals surface area (Å²) in [5.74, 6) is 0.672. The number of H-pyrrole nitrogens is 1. The number of hydrogen-bond acceptors (Lipinski definition) is 4. The lowest BCUT2D eigenvalue weighted by atomic mass is 10.1. The summed E-state index contributed by atoms with van der Waals surface area (Å²) in [5, 5.41) is 3.48. The maximum absolute atomic E-state index is 12.3. The van der Waals surface area contributed by atoms with Crippen molar-refractivity contribution in [1.29, 1.82) is 0 Å². The molecule has 0 bridgehead atoms. The van der Waals surface area contributed by atoms with Crippen LogP contribution in [0.15, 0.2) is 34.0 Å². The first kappa shape index (κ1) is 18.1. The van der Waals surface area contributed by atoms with Crippen molar-refractivity contribution in [2.75, 3.05) is 11.9 Å². The molecule has 0 radical (unpaired) electrons. The third-order valence-electron chi connectivity index (χ3n) is 5.17. The van der Waals surface area contributed by atoms with Crippen LogP contribution >= 0.6 is 0 Å². The second kappa shape index (κ2) is 6.70. The molecule has 0 saturated heterocycles. The molecule has 146 valence electrons. The Bertz CT molecular complexity index is 1300. The molecule has 0 amide bonds. The maximum atomic E-state index is 12.3. The average molecular weight is 380 g/mol. The highest BCUT2D eigenvalue weighted by Gasteiger charge is 2.17. The predicted molar refractivity (Wildman–Crippen MR) is 110 cm³/mol. The van der Waals surface area contributed by atoms with Gasteiger partial charge in [-0.2, -0.15) is 4.98 Å². The van der Waals surface area contributed by atoms with Gasteiger partial charge < -0.3 is 9.88 Å². The number of aromatic nitrogens is 5. The SMILES string of the molecule is Cc1ccc(NCCCn2c(C)cn3c4c(=O)[nH]c(=O)n(C)c4nc23)c(C)c1. The maximum Gasteiger partial charge on any atom is 0.329 e. The molecule has 1 aromatic carbocycles. The van der Waals surface area contributed by atoms with Gasteiger partial charge in [-0.05, 0) is 38.8 Å². The van der Waals surface area contributed by atoms with E-state index in [4.69, 9.17) is 0 Å². The minimum absolute atomic E-state index is 0.394. The molecule has 0 spiro atoms. The van der Waals surface area contributed by atoms with E-state index in [9.17, 15) is 9.59 Å².